The summed E-state index contributed by atoms with van der Waals surface area (Å²) in [6.45, 7) is 1.93. The Morgan fingerprint density at radius 1 is 1.30 bits per heavy atom. The molecular formula is C18H17N7OS. The van der Waals surface area contributed by atoms with Gasteiger partial charge < -0.3 is 10.7 Å². The van der Waals surface area contributed by atoms with Gasteiger partial charge in [-0.05, 0) is 31.4 Å². The second kappa shape index (κ2) is 5.78. The van der Waals surface area contributed by atoms with Crippen molar-refractivity contribution in [1.82, 2.24) is 29.5 Å². The van der Waals surface area contributed by atoms with Gasteiger partial charge in [0.15, 0.2) is 5.65 Å². The van der Waals surface area contributed by atoms with Crippen LogP contribution in [0.2, 0.25) is 0 Å². The minimum absolute atomic E-state index is 0.0301. The number of nitrogen functional groups attached to an aromatic ring is 1. The molecule has 1 aliphatic rings. The normalized spacial score (nSPS) is 15.5. The predicted octanol–water partition coefficient (Wildman–Crippen LogP) is 2.31. The molecule has 3 heterocycles. The van der Waals surface area contributed by atoms with Gasteiger partial charge in [-0.2, -0.15) is 17.6 Å². The van der Waals surface area contributed by atoms with E-state index in [4.69, 9.17) is 23.3 Å². The van der Waals surface area contributed by atoms with E-state index in [2.05, 4.69) is 19.9 Å². The molecule has 136 valence electrons. The van der Waals surface area contributed by atoms with E-state index in [1.807, 2.05) is 25.1 Å². The van der Waals surface area contributed by atoms with Crippen molar-refractivity contribution in [2.45, 2.75) is 31.1 Å². The molecule has 0 bridgehead atoms. The van der Waals surface area contributed by atoms with Gasteiger partial charge in [0.2, 0.25) is 5.95 Å². The molecule has 9 heteroatoms. The third-order valence-electron chi connectivity index (χ3n) is 4.91. The number of benzene rings is 1. The number of thiol groups is 1. The molecule has 0 spiro atoms. The maximum atomic E-state index is 13.3. The molecule has 3 N–H and O–H groups in total. The largest absolute Gasteiger partial charge is 0.368 e. The molecule has 27 heavy (non-hydrogen) atoms. The molecule has 5 rings (SSSR count). The standard InChI is InChI=1S/C18H17N7OS/c1-8-3-2-4-10-11(8)17(26)25(9-5-6-9)16(22-10)14(27)12-13-15(21-7-20-13)24-18(19)23-12/h2-4,7,9,14,27H,5-6H2,1H3,(H3,19,20,21,23,24). The smallest absolute Gasteiger partial charge is 0.261 e. The SMILES string of the molecule is Cc1cccc2nc(C(S)c3nc(N)nc4nc[nH]c34)n(C3CC3)c(=O)c12. The quantitative estimate of drug-likeness (QED) is 0.471. The van der Waals surface area contributed by atoms with Crippen LogP contribution in [0.4, 0.5) is 5.95 Å². The Morgan fingerprint density at radius 2 is 2.11 bits per heavy atom. The van der Waals surface area contributed by atoms with Crippen LogP contribution in [0.1, 0.15) is 41.2 Å². The lowest BCUT2D eigenvalue weighted by molar-refractivity contribution is 0.647. The van der Waals surface area contributed by atoms with E-state index in [0.717, 1.165) is 18.4 Å². The van der Waals surface area contributed by atoms with Gasteiger partial charge in [-0.3, -0.25) is 9.36 Å². The van der Waals surface area contributed by atoms with Crippen molar-refractivity contribution in [1.29, 1.82) is 0 Å². The molecule has 1 unspecified atom stereocenters. The van der Waals surface area contributed by atoms with E-state index < -0.39 is 5.25 Å². The number of imidazole rings is 1. The molecule has 4 aromatic rings. The average molecular weight is 379 g/mol. The first-order valence-corrected chi connectivity index (χ1v) is 9.22. The van der Waals surface area contributed by atoms with Crippen LogP contribution in [0.15, 0.2) is 29.3 Å². The maximum Gasteiger partial charge on any atom is 0.261 e. The third kappa shape index (κ3) is 2.49. The van der Waals surface area contributed by atoms with Crippen molar-refractivity contribution in [3.05, 3.63) is 52.0 Å². The number of aromatic amines is 1. The minimum atomic E-state index is -0.545. The summed E-state index contributed by atoms with van der Waals surface area (Å²) in [7, 11) is 0. The highest BCUT2D eigenvalue weighted by molar-refractivity contribution is 7.80. The van der Waals surface area contributed by atoms with E-state index in [1.54, 1.807) is 4.57 Å². The highest BCUT2D eigenvalue weighted by Crippen LogP contribution is 2.39. The van der Waals surface area contributed by atoms with Crippen LogP contribution in [0.25, 0.3) is 22.1 Å². The number of nitrogens with zero attached hydrogens (tertiary/aromatic N) is 5. The summed E-state index contributed by atoms with van der Waals surface area (Å²) >= 11 is 4.78. The van der Waals surface area contributed by atoms with Crippen molar-refractivity contribution >= 4 is 40.6 Å². The lowest BCUT2D eigenvalue weighted by atomic mass is 10.1. The Balaban J connectivity index is 1.80. The van der Waals surface area contributed by atoms with E-state index in [0.29, 0.717) is 33.6 Å². The van der Waals surface area contributed by atoms with Crippen LogP contribution in [-0.2, 0) is 0 Å². The van der Waals surface area contributed by atoms with E-state index in [9.17, 15) is 4.79 Å². The molecule has 0 saturated heterocycles. The lowest BCUT2D eigenvalue weighted by Crippen LogP contribution is -2.26. The molecule has 8 nitrogen and oxygen atoms in total. The van der Waals surface area contributed by atoms with Gasteiger partial charge in [-0.15, -0.1) is 0 Å². The first kappa shape index (κ1) is 16.2. The second-order valence-corrected chi connectivity index (χ2v) is 7.33. The van der Waals surface area contributed by atoms with Crippen molar-refractivity contribution in [3.8, 4) is 0 Å². The Kier molecular flexibility index (Phi) is 3.48. The monoisotopic (exact) mass is 379 g/mol. The number of nitrogens with one attached hydrogen (secondary N) is 1. The number of H-pyrrole nitrogens is 1. The summed E-state index contributed by atoms with van der Waals surface area (Å²) < 4.78 is 1.77. The molecule has 1 fully saturated rings. The van der Waals surface area contributed by atoms with Crippen molar-refractivity contribution in [2.75, 3.05) is 5.73 Å². The number of rotatable bonds is 3. The summed E-state index contributed by atoms with van der Waals surface area (Å²) in [5.41, 5.74) is 9.07. The Bertz CT molecular complexity index is 1260. The van der Waals surface area contributed by atoms with Crippen LogP contribution in [-0.4, -0.2) is 29.5 Å². The number of aromatic nitrogens is 6. The van der Waals surface area contributed by atoms with Gasteiger partial charge >= 0.3 is 0 Å². The Hall–Kier alpha value is -2.94. The molecule has 0 amide bonds. The van der Waals surface area contributed by atoms with Gasteiger partial charge in [0.25, 0.3) is 5.56 Å². The predicted molar refractivity (Wildman–Crippen MR) is 106 cm³/mol. The first-order valence-electron chi connectivity index (χ1n) is 8.71. The molecular weight excluding hydrogens is 362 g/mol. The maximum absolute atomic E-state index is 13.3. The topological polar surface area (TPSA) is 115 Å². The van der Waals surface area contributed by atoms with Gasteiger partial charge in [-0.1, -0.05) is 12.1 Å². The van der Waals surface area contributed by atoms with Crippen LogP contribution >= 0.6 is 12.6 Å². The lowest BCUT2D eigenvalue weighted by Gasteiger charge is -2.18. The van der Waals surface area contributed by atoms with Gasteiger partial charge in [0.1, 0.15) is 16.6 Å². The number of hydrogen-bond acceptors (Lipinski definition) is 7. The van der Waals surface area contributed by atoms with E-state index >= 15 is 0 Å². The first-order chi connectivity index (χ1) is 13.0. The Morgan fingerprint density at radius 3 is 2.89 bits per heavy atom. The molecule has 0 aliphatic heterocycles. The average Bonchev–Trinajstić information content (AvgIpc) is 3.36. The highest BCUT2D eigenvalue weighted by atomic mass is 32.1. The van der Waals surface area contributed by atoms with Gasteiger partial charge in [-0.25, -0.2) is 15.0 Å². The molecule has 1 aromatic carbocycles. The summed E-state index contributed by atoms with van der Waals surface area (Å²) in [5.74, 6) is 0.679. The van der Waals surface area contributed by atoms with Crippen LogP contribution in [0.3, 0.4) is 0 Å². The van der Waals surface area contributed by atoms with Gasteiger partial charge in [0.05, 0.1) is 22.9 Å². The van der Waals surface area contributed by atoms with Crippen LogP contribution < -0.4 is 11.3 Å². The summed E-state index contributed by atoms with van der Waals surface area (Å²) in [6, 6.07) is 5.83. The number of aryl methyl sites for hydroxylation is 1. The molecule has 1 aliphatic carbocycles. The van der Waals surface area contributed by atoms with E-state index in [-0.39, 0.29) is 17.5 Å². The fourth-order valence-electron chi connectivity index (χ4n) is 3.50. The molecule has 0 radical (unpaired) electrons. The molecule has 1 atom stereocenters. The Labute approximate surface area is 159 Å². The summed E-state index contributed by atoms with van der Waals surface area (Å²) in [5, 5.41) is 0.110. The fourth-order valence-corrected chi connectivity index (χ4v) is 3.87. The number of fused-ring (bicyclic) bond motifs is 2. The number of nitrogens with two attached hydrogens (primary N) is 1. The van der Waals surface area contributed by atoms with Gasteiger partial charge in [0, 0.05) is 6.04 Å². The molecule has 3 aromatic heterocycles. The zero-order valence-corrected chi connectivity index (χ0v) is 15.4. The third-order valence-corrected chi connectivity index (χ3v) is 5.39. The fraction of sp³-hybridized carbons (Fsp3) is 0.278. The minimum Gasteiger partial charge on any atom is -0.368 e. The number of anilines is 1. The summed E-state index contributed by atoms with van der Waals surface area (Å²) in [6.07, 6.45) is 3.45. The molecule has 1 saturated carbocycles. The zero-order valence-electron chi connectivity index (χ0n) is 14.5. The van der Waals surface area contributed by atoms with Crippen molar-refractivity contribution in [2.24, 2.45) is 0 Å². The second-order valence-electron chi connectivity index (χ2n) is 6.82. The van der Waals surface area contributed by atoms with Crippen LogP contribution in [0, 0.1) is 6.92 Å². The summed E-state index contributed by atoms with van der Waals surface area (Å²) in [4.78, 5) is 33.8. The van der Waals surface area contributed by atoms with Crippen molar-refractivity contribution in [3.63, 3.8) is 0 Å². The van der Waals surface area contributed by atoms with Crippen molar-refractivity contribution < 1.29 is 0 Å². The number of hydrogen-bond donors (Lipinski definition) is 3. The highest BCUT2D eigenvalue weighted by Gasteiger charge is 2.32. The van der Waals surface area contributed by atoms with E-state index in [1.165, 1.54) is 6.33 Å². The zero-order chi connectivity index (χ0) is 18.7. The van der Waals surface area contributed by atoms with Crippen LogP contribution in [0.5, 0.6) is 0 Å².